The van der Waals surface area contributed by atoms with E-state index in [1.807, 2.05) is 12.4 Å². The van der Waals surface area contributed by atoms with E-state index >= 15 is 0 Å². The minimum absolute atomic E-state index is 0.576. The number of pyridine rings is 1. The van der Waals surface area contributed by atoms with E-state index in [1.54, 1.807) is 11.3 Å². The zero-order valence-corrected chi connectivity index (χ0v) is 27.9. The molecule has 0 radical (unpaired) electrons. The molecule has 0 saturated heterocycles. The highest BCUT2D eigenvalue weighted by Gasteiger charge is 2.22. The van der Waals surface area contributed by atoms with E-state index in [1.165, 1.54) is 15.5 Å². The minimum atomic E-state index is 0.576. The summed E-state index contributed by atoms with van der Waals surface area (Å²) >= 11 is 1.78. The van der Waals surface area contributed by atoms with E-state index < -0.39 is 0 Å². The molecule has 5 heterocycles. The fourth-order valence-corrected chi connectivity index (χ4v) is 8.91. The summed E-state index contributed by atoms with van der Waals surface area (Å²) in [6.07, 6.45) is 3.80. The summed E-state index contributed by atoms with van der Waals surface area (Å²) in [4.78, 5) is 20.5. The molecule has 0 aliphatic heterocycles. The third-order valence-corrected chi connectivity index (χ3v) is 11.1. The molecule has 0 amide bonds. The number of fused-ring (bicyclic) bond motifs is 9. The monoisotopic (exact) mass is 670 g/mol. The van der Waals surface area contributed by atoms with Gasteiger partial charge < -0.3 is 4.57 Å². The molecule has 0 aliphatic rings. The average Bonchev–Trinajstić information content (AvgIpc) is 3.86. The highest BCUT2D eigenvalue weighted by atomic mass is 32.1. The van der Waals surface area contributed by atoms with Gasteiger partial charge in [0.15, 0.2) is 11.6 Å². The fraction of sp³-hybridized carbons (Fsp3) is 0. The largest absolute Gasteiger partial charge is 0.308 e. The van der Waals surface area contributed by atoms with Crippen molar-refractivity contribution in [1.29, 1.82) is 0 Å². The van der Waals surface area contributed by atoms with Crippen LogP contribution in [0.3, 0.4) is 0 Å². The maximum atomic E-state index is 5.34. The van der Waals surface area contributed by atoms with Crippen LogP contribution in [0.1, 0.15) is 0 Å². The van der Waals surface area contributed by atoms with Gasteiger partial charge in [-0.1, -0.05) is 97.1 Å². The van der Waals surface area contributed by atoms with Crippen LogP contribution in [0.5, 0.6) is 0 Å². The lowest BCUT2D eigenvalue weighted by atomic mass is 10.1. The quantitative estimate of drug-likeness (QED) is 0.187. The van der Waals surface area contributed by atoms with Crippen LogP contribution in [0.25, 0.3) is 98.2 Å². The van der Waals surface area contributed by atoms with Crippen molar-refractivity contribution >= 4 is 75.1 Å². The second kappa shape index (κ2) is 10.9. The summed E-state index contributed by atoms with van der Waals surface area (Å²) in [5.41, 5.74) is 7.15. The number of rotatable bonds is 4. The highest BCUT2D eigenvalue weighted by molar-refractivity contribution is 7.26. The van der Waals surface area contributed by atoms with Gasteiger partial charge in [-0.3, -0.25) is 9.55 Å². The van der Waals surface area contributed by atoms with Gasteiger partial charge in [0.1, 0.15) is 0 Å². The van der Waals surface area contributed by atoms with Crippen LogP contribution < -0.4 is 0 Å². The molecular weight excluding hydrogens is 645 g/mol. The Morgan fingerprint density at radius 2 is 0.961 bits per heavy atom. The first-order valence-electron chi connectivity index (χ1n) is 16.9. The molecule has 6 nitrogen and oxygen atoms in total. The second-order valence-electron chi connectivity index (χ2n) is 12.7. The van der Waals surface area contributed by atoms with Gasteiger partial charge in [-0.15, -0.1) is 11.3 Å². The number of para-hydroxylation sites is 4. The number of hydrogen-bond donors (Lipinski definition) is 0. The van der Waals surface area contributed by atoms with Gasteiger partial charge in [0.25, 0.3) is 0 Å². The zero-order valence-electron chi connectivity index (χ0n) is 27.1. The Balaban J connectivity index is 1.24. The third kappa shape index (κ3) is 4.16. The van der Waals surface area contributed by atoms with Crippen LogP contribution in [-0.2, 0) is 0 Å². The predicted molar refractivity (Wildman–Crippen MR) is 210 cm³/mol. The normalized spacial score (nSPS) is 11.9. The first-order chi connectivity index (χ1) is 25.3. The molecule has 0 fully saturated rings. The van der Waals surface area contributed by atoms with E-state index in [2.05, 4.69) is 160 Å². The standard InChI is InChI=1S/C44H26N6S/c1-7-20-36-27(12-1)28-13-2-8-21-37(28)50(36)44-47-42(46-43(48-44)33-18-11-17-31-30-15-5-10-23-40(30)51-41(31)33)32-16-4-9-22-38(32)49-35-19-6-3-14-29(35)34-26-45-25-24-39(34)49/h1-26H. The van der Waals surface area contributed by atoms with Gasteiger partial charge in [0.2, 0.25) is 5.95 Å². The lowest BCUT2D eigenvalue weighted by molar-refractivity contribution is 0.952. The molecule has 238 valence electrons. The SMILES string of the molecule is c1ccc(-n2c3ccccc3c3cnccc32)c(-c2nc(-c3cccc4c3sc3ccccc34)nc(-n3c4ccccc4c4ccccc43)n2)c1. The van der Waals surface area contributed by atoms with Crippen molar-refractivity contribution in [3.05, 3.63) is 158 Å². The molecule has 11 rings (SSSR count). The zero-order chi connectivity index (χ0) is 33.5. The molecule has 11 aromatic rings. The molecular formula is C44H26N6S. The Labute approximate surface area is 295 Å². The number of thiophene rings is 1. The second-order valence-corrected chi connectivity index (χ2v) is 13.7. The lowest BCUT2D eigenvalue weighted by Crippen LogP contribution is -2.07. The molecule has 6 aromatic carbocycles. The first-order valence-corrected chi connectivity index (χ1v) is 17.7. The molecule has 0 spiro atoms. The van der Waals surface area contributed by atoms with Crippen molar-refractivity contribution in [2.24, 2.45) is 0 Å². The Morgan fingerprint density at radius 1 is 0.412 bits per heavy atom. The molecule has 0 aliphatic carbocycles. The summed E-state index contributed by atoms with van der Waals surface area (Å²) < 4.78 is 6.88. The predicted octanol–water partition coefficient (Wildman–Crippen LogP) is 11.2. The van der Waals surface area contributed by atoms with Crippen LogP contribution in [0.15, 0.2) is 158 Å². The maximum Gasteiger partial charge on any atom is 0.238 e. The average molecular weight is 671 g/mol. The van der Waals surface area contributed by atoms with Crippen molar-refractivity contribution < 1.29 is 0 Å². The van der Waals surface area contributed by atoms with Crippen molar-refractivity contribution in [3.63, 3.8) is 0 Å². The molecule has 51 heavy (non-hydrogen) atoms. The summed E-state index contributed by atoms with van der Waals surface area (Å²) in [6.45, 7) is 0. The van der Waals surface area contributed by atoms with Gasteiger partial charge in [-0.25, -0.2) is 4.98 Å². The Hall–Kier alpha value is -6.70. The van der Waals surface area contributed by atoms with Crippen LogP contribution in [0, 0.1) is 0 Å². The number of aromatic nitrogens is 6. The summed E-state index contributed by atoms with van der Waals surface area (Å²) in [6, 6.07) is 50.9. The van der Waals surface area contributed by atoms with Gasteiger partial charge in [0, 0.05) is 65.2 Å². The van der Waals surface area contributed by atoms with Gasteiger partial charge in [-0.2, -0.15) is 9.97 Å². The van der Waals surface area contributed by atoms with E-state index in [9.17, 15) is 0 Å². The third-order valence-electron chi connectivity index (χ3n) is 9.91. The van der Waals surface area contributed by atoms with E-state index in [4.69, 9.17) is 15.0 Å². The van der Waals surface area contributed by atoms with E-state index in [0.29, 0.717) is 17.6 Å². The van der Waals surface area contributed by atoms with Crippen molar-refractivity contribution in [2.45, 2.75) is 0 Å². The fourth-order valence-electron chi connectivity index (χ4n) is 7.70. The van der Waals surface area contributed by atoms with Gasteiger partial charge in [0.05, 0.1) is 27.8 Å². The van der Waals surface area contributed by atoms with Gasteiger partial charge in [-0.05, 0) is 48.5 Å². The Morgan fingerprint density at radius 3 is 1.73 bits per heavy atom. The van der Waals surface area contributed by atoms with Crippen molar-refractivity contribution in [1.82, 2.24) is 29.1 Å². The number of nitrogens with zero attached hydrogens (tertiary/aromatic N) is 6. The minimum Gasteiger partial charge on any atom is -0.308 e. The Kier molecular flexibility index (Phi) is 6.02. The van der Waals surface area contributed by atoms with Crippen LogP contribution in [0.2, 0.25) is 0 Å². The molecule has 0 bridgehead atoms. The molecule has 0 N–H and O–H groups in total. The smallest absolute Gasteiger partial charge is 0.238 e. The summed E-state index contributed by atoms with van der Waals surface area (Å²) in [5.74, 6) is 1.81. The Bertz CT molecular complexity index is 3060. The lowest BCUT2D eigenvalue weighted by Gasteiger charge is -2.15. The van der Waals surface area contributed by atoms with E-state index in [0.717, 1.165) is 65.1 Å². The summed E-state index contributed by atoms with van der Waals surface area (Å²) in [5, 5.41) is 7.00. The number of hydrogen-bond acceptors (Lipinski definition) is 5. The summed E-state index contributed by atoms with van der Waals surface area (Å²) in [7, 11) is 0. The first kappa shape index (κ1) is 28.2. The van der Waals surface area contributed by atoms with Gasteiger partial charge >= 0.3 is 0 Å². The number of benzene rings is 6. The van der Waals surface area contributed by atoms with Crippen LogP contribution in [-0.4, -0.2) is 29.1 Å². The molecule has 7 heteroatoms. The van der Waals surface area contributed by atoms with Crippen molar-refractivity contribution in [2.75, 3.05) is 0 Å². The van der Waals surface area contributed by atoms with Crippen LogP contribution in [0.4, 0.5) is 0 Å². The van der Waals surface area contributed by atoms with Crippen molar-refractivity contribution in [3.8, 4) is 34.4 Å². The maximum absolute atomic E-state index is 5.34. The molecule has 0 atom stereocenters. The topological polar surface area (TPSA) is 61.4 Å². The molecule has 0 unspecified atom stereocenters. The van der Waals surface area contributed by atoms with E-state index in [-0.39, 0.29) is 0 Å². The molecule has 0 saturated carbocycles. The van der Waals surface area contributed by atoms with Crippen LogP contribution >= 0.6 is 11.3 Å². The highest BCUT2D eigenvalue weighted by Crippen LogP contribution is 2.41. The molecule has 5 aromatic heterocycles.